The fourth-order valence-corrected chi connectivity index (χ4v) is 3.73. The van der Waals surface area contributed by atoms with Crippen LogP contribution >= 0.6 is 0 Å². The maximum atomic E-state index is 12.6. The van der Waals surface area contributed by atoms with E-state index in [2.05, 4.69) is 25.5 Å². The Morgan fingerprint density at radius 2 is 2.35 bits per heavy atom. The lowest BCUT2D eigenvalue weighted by molar-refractivity contribution is 0.0946. The van der Waals surface area contributed by atoms with Gasteiger partial charge in [-0.15, -0.1) is 0 Å². The van der Waals surface area contributed by atoms with Crippen molar-refractivity contribution in [2.24, 2.45) is 0 Å². The number of nitrogens with zero attached hydrogens (tertiary/aromatic N) is 3. The highest BCUT2D eigenvalue weighted by Gasteiger charge is 2.33. The SMILES string of the molecule is CO[C@@H]1C[C@H](CNC(=O)c2ccc3c(c2)CCN3)N(c2ccncn2)C1. The van der Waals surface area contributed by atoms with Gasteiger partial charge in [0.2, 0.25) is 0 Å². The Morgan fingerprint density at radius 3 is 3.15 bits per heavy atom. The van der Waals surface area contributed by atoms with Gasteiger partial charge in [0.1, 0.15) is 12.1 Å². The topological polar surface area (TPSA) is 79.4 Å². The molecule has 0 spiro atoms. The van der Waals surface area contributed by atoms with Crippen LogP contribution in [0.2, 0.25) is 0 Å². The zero-order valence-electron chi connectivity index (χ0n) is 14.8. The summed E-state index contributed by atoms with van der Waals surface area (Å²) in [4.78, 5) is 23.1. The Morgan fingerprint density at radius 1 is 1.42 bits per heavy atom. The second-order valence-electron chi connectivity index (χ2n) is 6.73. The van der Waals surface area contributed by atoms with Crippen LogP contribution in [0.4, 0.5) is 11.5 Å². The summed E-state index contributed by atoms with van der Waals surface area (Å²) in [6.07, 6.45) is 5.24. The highest BCUT2D eigenvalue weighted by Crippen LogP contribution is 2.25. The van der Waals surface area contributed by atoms with Gasteiger partial charge in [0, 0.05) is 44.2 Å². The Balaban J connectivity index is 1.43. The van der Waals surface area contributed by atoms with Crippen LogP contribution < -0.4 is 15.5 Å². The quantitative estimate of drug-likeness (QED) is 0.847. The summed E-state index contributed by atoms with van der Waals surface area (Å²) in [5.74, 6) is 0.825. The molecule has 7 nitrogen and oxygen atoms in total. The minimum atomic E-state index is -0.0387. The molecule has 2 aliphatic rings. The van der Waals surface area contributed by atoms with Crippen molar-refractivity contribution in [3.8, 4) is 0 Å². The molecule has 0 saturated carbocycles. The number of benzene rings is 1. The zero-order chi connectivity index (χ0) is 17.9. The number of nitrogens with one attached hydrogen (secondary N) is 2. The van der Waals surface area contributed by atoms with Gasteiger partial charge in [0.05, 0.1) is 12.1 Å². The van der Waals surface area contributed by atoms with Gasteiger partial charge in [0.15, 0.2) is 0 Å². The number of carbonyl (C=O) groups is 1. The van der Waals surface area contributed by atoms with Gasteiger partial charge in [-0.2, -0.15) is 0 Å². The van der Waals surface area contributed by atoms with Crippen molar-refractivity contribution in [3.05, 3.63) is 47.9 Å². The van der Waals surface area contributed by atoms with E-state index < -0.39 is 0 Å². The van der Waals surface area contributed by atoms with Gasteiger partial charge in [-0.1, -0.05) is 0 Å². The zero-order valence-corrected chi connectivity index (χ0v) is 14.8. The first-order valence-corrected chi connectivity index (χ1v) is 8.95. The standard InChI is InChI=1S/C19H23N5O2/c1-26-16-9-15(24(11-16)18-5-6-20-12-23-18)10-22-19(25)14-2-3-17-13(8-14)4-7-21-17/h2-3,5-6,8,12,15-16,21H,4,7,9-11H2,1H3,(H,22,25)/t15-,16-/m1/s1. The van der Waals surface area contributed by atoms with E-state index >= 15 is 0 Å². The number of anilines is 2. The van der Waals surface area contributed by atoms with Crippen molar-refractivity contribution in [1.29, 1.82) is 0 Å². The number of ether oxygens (including phenoxy) is 1. The molecule has 2 N–H and O–H groups in total. The van der Waals surface area contributed by atoms with Gasteiger partial charge in [-0.3, -0.25) is 4.79 Å². The van der Waals surface area contributed by atoms with Gasteiger partial charge >= 0.3 is 0 Å². The molecule has 1 aromatic heterocycles. The predicted molar refractivity (Wildman–Crippen MR) is 99.5 cm³/mol. The fourth-order valence-electron chi connectivity index (χ4n) is 3.73. The summed E-state index contributed by atoms with van der Waals surface area (Å²) in [6.45, 7) is 2.26. The average Bonchev–Trinajstić information content (AvgIpc) is 3.32. The first-order chi connectivity index (χ1) is 12.7. The third-order valence-electron chi connectivity index (χ3n) is 5.15. The van der Waals surface area contributed by atoms with E-state index in [1.54, 1.807) is 19.6 Å². The van der Waals surface area contributed by atoms with Crippen molar-refractivity contribution in [1.82, 2.24) is 15.3 Å². The molecule has 3 heterocycles. The summed E-state index contributed by atoms with van der Waals surface area (Å²) < 4.78 is 5.53. The van der Waals surface area contributed by atoms with Crippen LogP contribution in [0.3, 0.4) is 0 Å². The third kappa shape index (κ3) is 3.35. The number of hydrogen-bond donors (Lipinski definition) is 2. The van der Waals surface area contributed by atoms with Crippen molar-refractivity contribution >= 4 is 17.4 Å². The molecule has 2 aromatic rings. The van der Waals surface area contributed by atoms with E-state index in [9.17, 15) is 4.79 Å². The lowest BCUT2D eigenvalue weighted by Crippen LogP contribution is -2.40. The summed E-state index contributed by atoms with van der Waals surface area (Å²) >= 11 is 0. The van der Waals surface area contributed by atoms with Gasteiger partial charge < -0.3 is 20.3 Å². The van der Waals surface area contributed by atoms with E-state index in [0.717, 1.165) is 37.4 Å². The minimum Gasteiger partial charge on any atom is -0.384 e. The molecule has 4 rings (SSSR count). The van der Waals surface area contributed by atoms with Crippen LogP contribution in [-0.4, -0.2) is 54.8 Å². The summed E-state index contributed by atoms with van der Waals surface area (Å²) in [6, 6.07) is 7.89. The number of carbonyl (C=O) groups excluding carboxylic acids is 1. The van der Waals surface area contributed by atoms with E-state index in [4.69, 9.17) is 4.74 Å². The molecule has 1 amide bonds. The number of rotatable bonds is 5. The molecule has 2 aliphatic heterocycles. The van der Waals surface area contributed by atoms with E-state index in [1.165, 1.54) is 5.56 Å². The molecular formula is C19H23N5O2. The molecule has 1 aromatic carbocycles. The monoisotopic (exact) mass is 353 g/mol. The predicted octanol–water partition coefficient (Wildman–Crippen LogP) is 1.47. The summed E-state index contributed by atoms with van der Waals surface area (Å²) in [5.41, 5.74) is 3.05. The molecule has 1 fully saturated rings. The molecule has 2 atom stereocenters. The van der Waals surface area contributed by atoms with Gasteiger partial charge in [0.25, 0.3) is 5.91 Å². The molecule has 0 unspecified atom stereocenters. The first-order valence-electron chi connectivity index (χ1n) is 8.95. The lowest BCUT2D eigenvalue weighted by atomic mass is 10.1. The second-order valence-corrected chi connectivity index (χ2v) is 6.73. The van der Waals surface area contributed by atoms with Gasteiger partial charge in [-0.05, 0) is 42.7 Å². The Kier molecular flexibility index (Phi) is 4.71. The molecule has 1 saturated heterocycles. The highest BCUT2D eigenvalue weighted by atomic mass is 16.5. The average molecular weight is 353 g/mol. The van der Waals surface area contributed by atoms with Crippen LogP contribution in [0.15, 0.2) is 36.8 Å². The van der Waals surface area contributed by atoms with E-state index in [1.807, 2.05) is 24.3 Å². The number of methoxy groups -OCH3 is 1. The third-order valence-corrected chi connectivity index (χ3v) is 5.15. The molecule has 0 bridgehead atoms. The number of fused-ring (bicyclic) bond motifs is 1. The lowest BCUT2D eigenvalue weighted by Gasteiger charge is -2.25. The number of aromatic nitrogens is 2. The Hall–Kier alpha value is -2.67. The Labute approximate surface area is 152 Å². The first kappa shape index (κ1) is 16.8. The maximum absolute atomic E-state index is 12.6. The fraction of sp³-hybridized carbons (Fsp3) is 0.421. The smallest absolute Gasteiger partial charge is 0.251 e. The Bertz CT molecular complexity index is 783. The molecule has 136 valence electrons. The molecule has 0 aliphatic carbocycles. The van der Waals surface area contributed by atoms with Crippen molar-refractivity contribution in [2.45, 2.75) is 25.0 Å². The summed E-state index contributed by atoms with van der Waals surface area (Å²) in [5, 5.41) is 6.39. The van der Waals surface area contributed by atoms with Crippen LogP contribution in [-0.2, 0) is 11.2 Å². The van der Waals surface area contributed by atoms with Crippen LogP contribution in [0.1, 0.15) is 22.3 Å². The van der Waals surface area contributed by atoms with E-state index in [0.29, 0.717) is 12.1 Å². The molecular weight excluding hydrogens is 330 g/mol. The maximum Gasteiger partial charge on any atom is 0.251 e. The van der Waals surface area contributed by atoms with E-state index in [-0.39, 0.29) is 18.1 Å². The van der Waals surface area contributed by atoms with Crippen molar-refractivity contribution in [3.63, 3.8) is 0 Å². The largest absolute Gasteiger partial charge is 0.384 e. The molecule has 7 heteroatoms. The minimum absolute atomic E-state index is 0.0387. The molecule has 26 heavy (non-hydrogen) atoms. The second kappa shape index (κ2) is 7.29. The number of amides is 1. The van der Waals surface area contributed by atoms with Crippen LogP contribution in [0.5, 0.6) is 0 Å². The van der Waals surface area contributed by atoms with Gasteiger partial charge in [-0.25, -0.2) is 9.97 Å². The summed E-state index contributed by atoms with van der Waals surface area (Å²) in [7, 11) is 1.72. The van der Waals surface area contributed by atoms with Crippen LogP contribution in [0, 0.1) is 0 Å². The number of hydrogen-bond acceptors (Lipinski definition) is 6. The van der Waals surface area contributed by atoms with Crippen molar-refractivity contribution in [2.75, 3.05) is 37.0 Å². The van der Waals surface area contributed by atoms with Crippen molar-refractivity contribution < 1.29 is 9.53 Å². The normalized spacial score (nSPS) is 21.3. The highest BCUT2D eigenvalue weighted by molar-refractivity contribution is 5.95. The van der Waals surface area contributed by atoms with Crippen LogP contribution in [0.25, 0.3) is 0 Å². The molecule has 0 radical (unpaired) electrons.